The van der Waals surface area contributed by atoms with E-state index in [9.17, 15) is 0 Å². The van der Waals surface area contributed by atoms with E-state index >= 15 is 0 Å². The number of hydrogen-bond acceptors (Lipinski definition) is 2. The fourth-order valence-electron chi connectivity index (χ4n) is 6.64. The Morgan fingerprint density at radius 3 is 1.84 bits per heavy atom. The highest BCUT2D eigenvalue weighted by Gasteiger charge is 2.23. The van der Waals surface area contributed by atoms with Gasteiger partial charge < -0.3 is 8.98 Å². The van der Waals surface area contributed by atoms with Crippen molar-refractivity contribution in [2.24, 2.45) is 0 Å². The Kier molecular flexibility index (Phi) is 5.78. The first-order valence-electron chi connectivity index (χ1n) is 15.1. The van der Waals surface area contributed by atoms with Crippen molar-refractivity contribution < 1.29 is 4.42 Å². The van der Waals surface area contributed by atoms with Crippen LogP contribution < -0.4 is 0 Å². The van der Waals surface area contributed by atoms with Crippen molar-refractivity contribution in [1.29, 1.82) is 0 Å². The minimum atomic E-state index is 0.889. The summed E-state index contributed by atoms with van der Waals surface area (Å²) in [4.78, 5) is 4.65. The molecule has 3 heterocycles. The average Bonchev–Trinajstić information content (AvgIpc) is 3.84. The monoisotopic (exact) mass is 577 g/mol. The zero-order chi connectivity index (χ0) is 29.7. The number of fused-ring (bicyclic) bond motifs is 5. The molecule has 0 atom stereocenters. The number of rotatable bonds is 5. The summed E-state index contributed by atoms with van der Waals surface area (Å²) >= 11 is 0. The Labute approximate surface area is 260 Å². The molecule has 0 aliphatic rings. The molecular weight excluding hydrogens is 550 g/mol. The van der Waals surface area contributed by atoms with Crippen LogP contribution in [0.5, 0.6) is 0 Å². The van der Waals surface area contributed by atoms with E-state index in [0.29, 0.717) is 0 Å². The molecule has 0 amide bonds. The largest absolute Gasteiger partial charge is 0.455 e. The Hall–Kier alpha value is -6.13. The third-order valence-electron chi connectivity index (χ3n) is 8.65. The molecule has 0 N–H and O–H groups in total. The van der Waals surface area contributed by atoms with Crippen molar-refractivity contribution in [1.82, 2.24) is 14.1 Å². The Morgan fingerprint density at radius 1 is 0.489 bits per heavy atom. The molecule has 45 heavy (non-hydrogen) atoms. The highest BCUT2D eigenvalue weighted by atomic mass is 16.3. The molecule has 9 rings (SSSR count). The van der Waals surface area contributed by atoms with Gasteiger partial charge in [-0.25, -0.2) is 4.98 Å². The maximum atomic E-state index is 6.91. The van der Waals surface area contributed by atoms with Gasteiger partial charge in [0, 0.05) is 51.2 Å². The van der Waals surface area contributed by atoms with Crippen molar-refractivity contribution in [3.8, 4) is 45.2 Å². The minimum absolute atomic E-state index is 0.889. The first-order valence-corrected chi connectivity index (χ1v) is 15.1. The van der Waals surface area contributed by atoms with E-state index in [2.05, 4.69) is 142 Å². The molecule has 212 valence electrons. The zero-order valence-electron chi connectivity index (χ0n) is 24.3. The van der Waals surface area contributed by atoms with E-state index in [1.807, 2.05) is 36.7 Å². The van der Waals surface area contributed by atoms with Gasteiger partial charge in [-0.05, 0) is 48.0 Å². The van der Waals surface area contributed by atoms with Gasteiger partial charge in [-0.2, -0.15) is 0 Å². The average molecular weight is 578 g/mol. The lowest BCUT2D eigenvalue weighted by atomic mass is 9.98. The van der Waals surface area contributed by atoms with Crippen LogP contribution >= 0.6 is 0 Å². The topological polar surface area (TPSA) is 35.9 Å². The summed E-state index contributed by atoms with van der Waals surface area (Å²) in [6.07, 6.45) is 3.87. The summed E-state index contributed by atoms with van der Waals surface area (Å²) in [5.74, 6) is 1.81. The third kappa shape index (κ3) is 4.04. The number of benzene rings is 6. The molecule has 9 aromatic rings. The molecule has 4 nitrogen and oxygen atoms in total. The molecule has 0 aliphatic heterocycles. The van der Waals surface area contributed by atoms with Gasteiger partial charge in [0.25, 0.3) is 0 Å². The van der Waals surface area contributed by atoms with Crippen LogP contribution in [-0.2, 0) is 0 Å². The quantitative estimate of drug-likeness (QED) is 0.204. The van der Waals surface area contributed by atoms with Crippen molar-refractivity contribution in [3.63, 3.8) is 0 Å². The predicted octanol–water partition coefficient (Wildman–Crippen LogP) is 10.7. The first-order chi connectivity index (χ1) is 22.3. The van der Waals surface area contributed by atoms with E-state index in [1.165, 1.54) is 0 Å². The van der Waals surface area contributed by atoms with E-state index in [4.69, 9.17) is 4.42 Å². The number of nitrogens with zero attached hydrogens (tertiary/aromatic N) is 3. The van der Waals surface area contributed by atoms with Crippen LogP contribution in [-0.4, -0.2) is 14.1 Å². The maximum absolute atomic E-state index is 6.91. The number of hydrogen-bond donors (Lipinski definition) is 0. The number of para-hydroxylation sites is 1. The highest BCUT2D eigenvalue weighted by molar-refractivity contribution is 6.22. The van der Waals surface area contributed by atoms with Gasteiger partial charge >= 0.3 is 0 Å². The molecule has 0 unspecified atom stereocenters. The summed E-state index contributed by atoms with van der Waals surface area (Å²) < 4.78 is 11.4. The minimum Gasteiger partial charge on any atom is -0.455 e. The Bertz CT molecular complexity index is 2450. The van der Waals surface area contributed by atoms with E-state index < -0.39 is 0 Å². The van der Waals surface area contributed by atoms with Gasteiger partial charge in [-0.3, -0.25) is 4.57 Å². The van der Waals surface area contributed by atoms with Gasteiger partial charge in [0.2, 0.25) is 0 Å². The van der Waals surface area contributed by atoms with Crippen LogP contribution in [0.3, 0.4) is 0 Å². The fourth-order valence-corrected chi connectivity index (χ4v) is 6.64. The SMILES string of the molecule is c1ccc(-c2oc3c(ccc4c3c3ccccc3n4-c3ccc(-n4ccnc4-c4ccccc4)cc3)c2-c2ccccc2)cc1. The number of aromatic nitrogens is 3. The van der Waals surface area contributed by atoms with Gasteiger partial charge in [0.05, 0.1) is 16.4 Å². The summed E-state index contributed by atoms with van der Waals surface area (Å²) in [5.41, 5.74) is 9.71. The van der Waals surface area contributed by atoms with E-state index in [0.717, 1.165) is 78.0 Å². The molecular formula is C41H27N3O. The number of furan rings is 1. The summed E-state index contributed by atoms with van der Waals surface area (Å²) in [5, 5.41) is 3.39. The molecule has 4 heteroatoms. The van der Waals surface area contributed by atoms with Crippen LogP contribution in [0.4, 0.5) is 0 Å². The highest BCUT2D eigenvalue weighted by Crippen LogP contribution is 2.46. The molecule has 0 fully saturated rings. The lowest BCUT2D eigenvalue weighted by Crippen LogP contribution is -1.98. The summed E-state index contributed by atoms with van der Waals surface area (Å²) in [7, 11) is 0. The molecule has 3 aromatic heterocycles. The van der Waals surface area contributed by atoms with Crippen LogP contribution in [0.1, 0.15) is 0 Å². The van der Waals surface area contributed by atoms with Crippen molar-refractivity contribution in [2.75, 3.05) is 0 Å². The number of imidazole rings is 1. The smallest absolute Gasteiger partial charge is 0.145 e. The second-order valence-corrected chi connectivity index (χ2v) is 11.2. The summed E-state index contributed by atoms with van der Waals surface area (Å²) in [6, 6.07) is 53.0. The maximum Gasteiger partial charge on any atom is 0.145 e. The van der Waals surface area contributed by atoms with Gasteiger partial charge in [-0.1, -0.05) is 109 Å². The molecule has 0 aliphatic carbocycles. The van der Waals surface area contributed by atoms with Crippen molar-refractivity contribution in [3.05, 3.63) is 164 Å². The van der Waals surface area contributed by atoms with Crippen molar-refractivity contribution in [2.45, 2.75) is 0 Å². The Morgan fingerprint density at radius 2 is 1.11 bits per heavy atom. The molecule has 6 aromatic carbocycles. The first kappa shape index (κ1) is 25.4. The second kappa shape index (κ2) is 10.2. The van der Waals surface area contributed by atoms with Crippen LogP contribution in [0, 0.1) is 0 Å². The second-order valence-electron chi connectivity index (χ2n) is 11.2. The standard InChI is InChI=1S/C41H27N3O/c1-4-12-28(13-5-1)37-34-24-25-36-38(40(34)45-39(37)29-14-6-2-7-15-29)33-18-10-11-19-35(33)44(36)32-22-20-31(21-23-32)43-27-26-42-41(43)30-16-8-3-9-17-30/h1-27H. The van der Waals surface area contributed by atoms with Crippen molar-refractivity contribution >= 4 is 32.8 Å². The van der Waals surface area contributed by atoms with Gasteiger partial charge in [-0.15, -0.1) is 0 Å². The summed E-state index contributed by atoms with van der Waals surface area (Å²) in [6.45, 7) is 0. The molecule has 0 spiro atoms. The van der Waals surface area contributed by atoms with Crippen LogP contribution in [0.15, 0.2) is 168 Å². The van der Waals surface area contributed by atoms with E-state index in [-0.39, 0.29) is 0 Å². The van der Waals surface area contributed by atoms with Gasteiger partial charge in [0.1, 0.15) is 17.2 Å². The molecule has 0 bridgehead atoms. The predicted molar refractivity (Wildman–Crippen MR) is 184 cm³/mol. The molecule has 0 saturated heterocycles. The van der Waals surface area contributed by atoms with E-state index in [1.54, 1.807) is 0 Å². The zero-order valence-corrected chi connectivity index (χ0v) is 24.3. The third-order valence-corrected chi connectivity index (χ3v) is 8.65. The van der Waals surface area contributed by atoms with Crippen LogP contribution in [0.2, 0.25) is 0 Å². The lowest BCUT2D eigenvalue weighted by Gasteiger charge is -2.11. The normalized spacial score (nSPS) is 11.6. The van der Waals surface area contributed by atoms with Crippen LogP contribution in [0.25, 0.3) is 78.0 Å². The fraction of sp³-hybridized carbons (Fsp3) is 0. The van der Waals surface area contributed by atoms with Gasteiger partial charge in [0.15, 0.2) is 0 Å². The lowest BCUT2D eigenvalue weighted by molar-refractivity contribution is 0.636. The molecule has 0 radical (unpaired) electrons. The molecule has 0 saturated carbocycles. The Balaban J connectivity index is 1.26.